The van der Waals surface area contributed by atoms with Gasteiger partial charge < -0.3 is 49.1 Å². The molecule has 340 valence electrons. The molecule has 3 aromatic carbocycles. The summed E-state index contributed by atoms with van der Waals surface area (Å²) in [6.07, 6.45) is 1.33. The third-order valence-electron chi connectivity index (χ3n) is 13.5. The maximum Gasteiger partial charge on any atom is 0.407 e. The van der Waals surface area contributed by atoms with Crippen molar-refractivity contribution in [3.63, 3.8) is 0 Å². The second-order valence-electron chi connectivity index (χ2n) is 17.7. The molecule has 4 amide bonds. The summed E-state index contributed by atoms with van der Waals surface area (Å²) in [5.74, 6) is 1.69. The van der Waals surface area contributed by atoms with E-state index in [1.165, 1.54) is 21.3 Å². The number of nitrogens with zero attached hydrogens (tertiary/aromatic N) is 5. The highest BCUT2D eigenvalue weighted by Gasteiger charge is 2.44. The largest absolute Gasteiger partial charge is 0.488 e. The van der Waals surface area contributed by atoms with Crippen molar-refractivity contribution in [2.24, 2.45) is 17.8 Å². The van der Waals surface area contributed by atoms with E-state index in [2.05, 4.69) is 46.5 Å². The summed E-state index contributed by atoms with van der Waals surface area (Å²) in [5.41, 5.74) is 6.36. The Kier molecular flexibility index (Phi) is 12.6. The Balaban J connectivity index is 1.06. The third-order valence-corrected chi connectivity index (χ3v) is 13.5. The first-order valence-corrected chi connectivity index (χ1v) is 22.0. The van der Waals surface area contributed by atoms with Crippen LogP contribution < -0.4 is 10.1 Å². The van der Waals surface area contributed by atoms with Crippen LogP contribution in [0.2, 0.25) is 0 Å². The highest BCUT2D eigenvalue weighted by molar-refractivity contribution is 6.07. The number of carbonyl (C=O) groups is 4. The molecule has 0 saturated carbocycles. The van der Waals surface area contributed by atoms with Crippen molar-refractivity contribution in [3.8, 4) is 28.1 Å². The van der Waals surface area contributed by atoms with E-state index >= 15 is 0 Å². The number of alkyl carbamates (subject to hydrolysis) is 1. The number of likely N-dealkylation sites (N-methyl/N-ethyl adjacent to an activating group) is 1. The molecule has 0 bridgehead atoms. The van der Waals surface area contributed by atoms with Crippen molar-refractivity contribution in [1.82, 2.24) is 40.0 Å². The molecule has 2 saturated heterocycles. The number of benzene rings is 3. The number of imidazole rings is 2. The average molecular weight is 879 g/mol. The van der Waals surface area contributed by atoms with E-state index in [1.54, 1.807) is 30.0 Å². The Hall–Kier alpha value is -6.20. The van der Waals surface area contributed by atoms with Gasteiger partial charge in [-0.15, -0.1) is 0 Å². The van der Waals surface area contributed by atoms with E-state index in [0.29, 0.717) is 50.8 Å². The van der Waals surface area contributed by atoms with Gasteiger partial charge in [0.1, 0.15) is 36.1 Å². The Morgan fingerprint density at radius 3 is 2.45 bits per heavy atom. The summed E-state index contributed by atoms with van der Waals surface area (Å²) in [7, 11) is 5.86. The maximum absolute atomic E-state index is 14.1. The zero-order valence-electron chi connectivity index (χ0n) is 37.6. The summed E-state index contributed by atoms with van der Waals surface area (Å²) in [6.45, 7) is 9.47. The summed E-state index contributed by atoms with van der Waals surface area (Å²) in [5, 5.41) is 14.4. The standard InChI is InChI=1S/C47H58N8O9/c1-9-25(3)41(53(5)47(59)60)45(57)54-20-24(2)14-36(54)42-48-19-35(50-42)29-10-12-31-30(16-29)23-64-38-18-32-28(17-33(31)38)11-13-34-40(32)51-43(49-34)37-15-27(22-61-6)21-55(37)44(56)39(26(4)62-7)52-46(58)63-8/h10-13,16-19,24-27,36-37,39,41H,9,14-15,20-23H2,1-8H3,(H,48,50)(H,49,51)(H,52,58)(H,59,60)/t24-,25+,26-,27-,36-,37-,39-,41-/m0/s1. The molecule has 5 heterocycles. The van der Waals surface area contributed by atoms with Gasteiger partial charge in [-0.3, -0.25) is 14.5 Å². The monoisotopic (exact) mass is 878 g/mol. The molecule has 2 fully saturated rings. The molecule has 3 aliphatic heterocycles. The van der Waals surface area contributed by atoms with E-state index in [9.17, 15) is 24.3 Å². The number of ether oxygens (including phenoxy) is 4. The molecule has 8 rings (SSSR count). The molecule has 3 aliphatic rings. The number of methoxy groups -OCH3 is 3. The second-order valence-corrected chi connectivity index (χ2v) is 17.7. The van der Waals surface area contributed by atoms with Crippen molar-refractivity contribution in [2.45, 2.75) is 83.8 Å². The topological polar surface area (TPSA) is 205 Å². The summed E-state index contributed by atoms with van der Waals surface area (Å²) < 4.78 is 22.3. The van der Waals surface area contributed by atoms with E-state index < -0.39 is 36.4 Å². The molecule has 8 atom stereocenters. The number of carbonyl (C=O) groups excluding carboxylic acids is 3. The number of likely N-dealkylation sites (tertiary alicyclic amines) is 2. The van der Waals surface area contributed by atoms with Gasteiger partial charge in [0.2, 0.25) is 11.8 Å². The lowest BCUT2D eigenvalue weighted by atomic mass is 9.92. The fourth-order valence-electron chi connectivity index (χ4n) is 9.80. The second kappa shape index (κ2) is 18.1. The van der Waals surface area contributed by atoms with Crippen LogP contribution in [0.15, 0.2) is 48.7 Å². The molecular weight excluding hydrogens is 821 g/mol. The Morgan fingerprint density at radius 2 is 1.73 bits per heavy atom. The number of fused-ring (bicyclic) bond motifs is 6. The number of aromatic nitrogens is 4. The van der Waals surface area contributed by atoms with Crippen LogP contribution in [0.25, 0.3) is 44.2 Å². The van der Waals surface area contributed by atoms with Gasteiger partial charge in [-0.1, -0.05) is 45.4 Å². The number of carboxylic acid groups (broad SMARTS) is 1. The number of hydrogen-bond acceptors (Lipinski definition) is 10. The van der Waals surface area contributed by atoms with Crippen LogP contribution in [0.3, 0.4) is 0 Å². The van der Waals surface area contributed by atoms with Crippen LogP contribution in [0.5, 0.6) is 5.75 Å². The highest BCUT2D eigenvalue weighted by Crippen LogP contribution is 2.44. The predicted molar refractivity (Wildman–Crippen MR) is 238 cm³/mol. The summed E-state index contributed by atoms with van der Waals surface area (Å²) >= 11 is 0. The first-order valence-electron chi connectivity index (χ1n) is 22.0. The number of H-pyrrole nitrogens is 2. The molecule has 5 aromatic rings. The lowest BCUT2D eigenvalue weighted by molar-refractivity contribution is -0.139. The van der Waals surface area contributed by atoms with Gasteiger partial charge in [-0.05, 0) is 77.9 Å². The zero-order chi connectivity index (χ0) is 45.6. The van der Waals surface area contributed by atoms with Crippen LogP contribution in [-0.2, 0) is 30.4 Å². The SMILES string of the molecule is CC[C@@H](C)[C@@H](C(=O)N1C[C@@H](C)C[C@H]1c1ncc(-c2ccc3c(c2)COc2cc4c(ccc5nc([C@@H]6C[C@H](COC)CN6C(=O)[C@@H](NC(=O)OC)[C@H](C)OC)[nH]c54)cc2-3)[nH]1)N(C)C(=O)O. The first kappa shape index (κ1) is 44.4. The molecule has 17 nitrogen and oxygen atoms in total. The van der Waals surface area contributed by atoms with Gasteiger partial charge in [0.15, 0.2) is 0 Å². The van der Waals surface area contributed by atoms with Crippen molar-refractivity contribution in [1.29, 1.82) is 0 Å². The number of rotatable bonds is 13. The molecular formula is C47H58N8O9. The molecule has 0 unspecified atom stereocenters. The lowest BCUT2D eigenvalue weighted by Gasteiger charge is -2.34. The van der Waals surface area contributed by atoms with Gasteiger partial charge >= 0.3 is 12.2 Å². The fourth-order valence-corrected chi connectivity index (χ4v) is 9.80. The van der Waals surface area contributed by atoms with Crippen molar-refractivity contribution >= 4 is 45.8 Å². The van der Waals surface area contributed by atoms with Crippen LogP contribution in [0.4, 0.5) is 9.59 Å². The fraction of sp³-hybridized carbons (Fsp3) is 0.489. The minimum Gasteiger partial charge on any atom is -0.488 e. The Bertz CT molecular complexity index is 2570. The van der Waals surface area contributed by atoms with E-state index in [-0.39, 0.29) is 35.6 Å². The molecule has 64 heavy (non-hydrogen) atoms. The zero-order valence-corrected chi connectivity index (χ0v) is 37.6. The first-order chi connectivity index (χ1) is 30.7. The van der Waals surface area contributed by atoms with E-state index in [4.69, 9.17) is 28.9 Å². The van der Waals surface area contributed by atoms with Crippen molar-refractivity contribution in [3.05, 3.63) is 65.9 Å². The minimum absolute atomic E-state index is 0.0517. The highest BCUT2D eigenvalue weighted by atomic mass is 16.5. The van der Waals surface area contributed by atoms with E-state index in [1.807, 2.05) is 32.0 Å². The maximum atomic E-state index is 14.1. The number of hydrogen-bond donors (Lipinski definition) is 4. The van der Waals surface area contributed by atoms with Crippen LogP contribution in [0.1, 0.15) is 76.3 Å². The molecule has 2 aromatic heterocycles. The van der Waals surface area contributed by atoms with E-state index in [0.717, 1.165) is 66.8 Å². The van der Waals surface area contributed by atoms with Crippen LogP contribution in [-0.4, -0.2) is 130 Å². The van der Waals surface area contributed by atoms with Gasteiger partial charge in [0.05, 0.1) is 54.8 Å². The number of amides is 4. The minimum atomic E-state index is -1.13. The lowest BCUT2D eigenvalue weighted by Crippen LogP contribution is -2.54. The normalized spacial score (nSPS) is 21.2. The van der Waals surface area contributed by atoms with Gasteiger partial charge in [0.25, 0.3) is 0 Å². The number of aromatic amines is 2. The third kappa shape index (κ3) is 8.22. The summed E-state index contributed by atoms with van der Waals surface area (Å²) in [6, 6.07) is 12.0. The predicted octanol–water partition coefficient (Wildman–Crippen LogP) is 6.90. The van der Waals surface area contributed by atoms with Crippen molar-refractivity contribution < 1.29 is 43.2 Å². The van der Waals surface area contributed by atoms with Gasteiger partial charge in [-0.25, -0.2) is 19.6 Å². The van der Waals surface area contributed by atoms with Gasteiger partial charge in [0, 0.05) is 51.2 Å². The quantitative estimate of drug-likeness (QED) is 0.0958. The molecule has 0 spiro atoms. The molecule has 0 radical (unpaired) electrons. The van der Waals surface area contributed by atoms with Gasteiger partial charge in [-0.2, -0.15) is 0 Å². The Labute approximate surface area is 371 Å². The molecule has 17 heteroatoms. The Morgan fingerprint density at radius 1 is 0.969 bits per heavy atom. The number of nitrogens with one attached hydrogen (secondary N) is 3. The van der Waals surface area contributed by atoms with Crippen molar-refractivity contribution in [2.75, 3.05) is 48.1 Å². The molecule has 4 N–H and O–H groups in total. The smallest absolute Gasteiger partial charge is 0.407 e. The summed E-state index contributed by atoms with van der Waals surface area (Å²) in [4.78, 5) is 74.0. The average Bonchev–Trinajstić information content (AvgIpc) is 4.12. The van der Waals surface area contributed by atoms with Crippen LogP contribution >= 0.6 is 0 Å². The molecule has 0 aliphatic carbocycles. The van der Waals surface area contributed by atoms with Crippen LogP contribution in [0, 0.1) is 17.8 Å².